The first-order valence-corrected chi connectivity index (χ1v) is 7.84. The predicted molar refractivity (Wildman–Crippen MR) is 82.8 cm³/mol. The number of hydrogen-bond donors (Lipinski definition) is 0. The van der Waals surface area contributed by atoms with Gasteiger partial charge in [-0.2, -0.15) is 4.98 Å². The lowest BCUT2D eigenvalue weighted by Crippen LogP contribution is -2.48. The van der Waals surface area contributed by atoms with Crippen LogP contribution in [0, 0.1) is 0 Å². The first-order valence-electron chi connectivity index (χ1n) is 7.84. The number of carbonyl (C=O) groups excluding carboxylic acids is 1. The van der Waals surface area contributed by atoms with E-state index in [9.17, 15) is 4.79 Å². The average Bonchev–Trinajstić information content (AvgIpc) is 3.34. The molecule has 9 nitrogen and oxygen atoms in total. The van der Waals surface area contributed by atoms with E-state index in [-0.39, 0.29) is 5.91 Å². The summed E-state index contributed by atoms with van der Waals surface area (Å²) >= 11 is 0. The molecule has 0 N–H and O–H groups in total. The fraction of sp³-hybridized carbons (Fsp3) is 0.333. The van der Waals surface area contributed by atoms with Gasteiger partial charge in [-0.1, -0.05) is 6.92 Å². The van der Waals surface area contributed by atoms with Crippen LogP contribution in [-0.4, -0.2) is 40.2 Å². The van der Waals surface area contributed by atoms with E-state index in [0.29, 0.717) is 24.6 Å². The highest BCUT2D eigenvalue weighted by atomic mass is 16.2. The van der Waals surface area contributed by atoms with Gasteiger partial charge in [0, 0.05) is 18.8 Å². The molecule has 2 aliphatic rings. The van der Waals surface area contributed by atoms with Crippen molar-refractivity contribution < 1.29 is 4.79 Å². The lowest BCUT2D eigenvalue weighted by atomic mass is 9.90. The number of fused-ring (bicyclic) bond motifs is 6. The van der Waals surface area contributed by atoms with Gasteiger partial charge in [0.05, 0.1) is 6.20 Å². The Morgan fingerprint density at radius 3 is 3.04 bits per heavy atom. The van der Waals surface area contributed by atoms with E-state index in [4.69, 9.17) is 0 Å². The van der Waals surface area contributed by atoms with E-state index in [1.807, 2.05) is 4.57 Å². The highest BCUT2D eigenvalue weighted by molar-refractivity contribution is 5.99. The molecule has 1 atom stereocenters. The molecule has 9 heteroatoms. The van der Waals surface area contributed by atoms with Gasteiger partial charge in [0.25, 0.3) is 0 Å². The minimum absolute atomic E-state index is 0.0580. The molecule has 1 fully saturated rings. The van der Waals surface area contributed by atoms with E-state index in [2.05, 4.69) is 32.1 Å². The summed E-state index contributed by atoms with van der Waals surface area (Å²) in [5.74, 6) is 1.92. The molecule has 0 aliphatic carbocycles. The van der Waals surface area contributed by atoms with Crippen molar-refractivity contribution in [2.75, 3.05) is 4.90 Å². The molecule has 0 saturated carbocycles. The molecule has 0 spiro atoms. The molecule has 3 aromatic heterocycles. The fourth-order valence-corrected chi connectivity index (χ4v) is 3.72. The van der Waals surface area contributed by atoms with E-state index in [1.54, 1.807) is 40.7 Å². The molecule has 1 saturated heterocycles. The quantitative estimate of drug-likeness (QED) is 0.698. The second-order valence-electron chi connectivity index (χ2n) is 5.99. The SMILES string of the molecule is CC[C@@]12CCC(=O)N1c1nc(-n3ccnc3)ncc1-n1cnnc12. The fourth-order valence-electron chi connectivity index (χ4n) is 3.72. The van der Waals surface area contributed by atoms with Crippen molar-refractivity contribution in [3.05, 3.63) is 37.1 Å². The van der Waals surface area contributed by atoms with Crippen molar-refractivity contribution >= 4 is 11.7 Å². The maximum Gasteiger partial charge on any atom is 0.237 e. The Kier molecular flexibility index (Phi) is 2.48. The zero-order chi connectivity index (χ0) is 16.3. The van der Waals surface area contributed by atoms with Crippen molar-refractivity contribution in [2.45, 2.75) is 31.7 Å². The predicted octanol–water partition coefficient (Wildman–Crippen LogP) is 0.989. The van der Waals surface area contributed by atoms with Crippen LogP contribution in [0.25, 0.3) is 11.6 Å². The average molecular weight is 322 g/mol. The molecule has 1 amide bonds. The van der Waals surface area contributed by atoms with E-state index in [1.165, 1.54) is 0 Å². The summed E-state index contributed by atoms with van der Waals surface area (Å²) in [5.41, 5.74) is 0.236. The number of nitrogens with zero attached hydrogens (tertiary/aromatic N) is 8. The van der Waals surface area contributed by atoms with Crippen LogP contribution in [0.15, 0.2) is 31.2 Å². The second-order valence-corrected chi connectivity index (χ2v) is 5.99. The highest BCUT2D eigenvalue weighted by Gasteiger charge is 2.53. The molecule has 5 heterocycles. The van der Waals surface area contributed by atoms with Crippen LogP contribution in [0.5, 0.6) is 0 Å². The molecule has 0 unspecified atom stereocenters. The van der Waals surface area contributed by atoms with Crippen LogP contribution in [0.1, 0.15) is 32.0 Å². The van der Waals surface area contributed by atoms with Crippen molar-refractivity contribution in [3.8, 4) is 11.6 Å². The maximum atomic E-state index is 12.7. The van der Waals surface area contributed by atoms with Crippen molar-refractivity contribution in [1.82, 2.24) is 34.3 Å². The molecule has 24 heavy (non-hydrogen) atoms. The minimum atomic E-state index is -0.485. The van der Waals surface area contributed by atoms with Crippen LogP contribution in [0.2, 0.25) is 0 Å². The number of amides is 1. The minimum Gasteiger partial charge on any atom is -0.281 e. The molecular formula is C15H14N8O. The second kappa shape index (κ2) is 4.47. The first-order chi connectivity index (χ1) is 11.7. The smallest absolute Gasteiger partial charge is 0.237 e. The van der Waals surface area contributed by atoms with E-state index in [0.717, 1.165) is 17.9 Å². The molecule has 0 bridgehead atoms. The number of hydrogen-bond acceptors (Lipinski definition) is 6. The highest BCUT2D eigenvalue weighted by Crippen LogP contribution is 2.49. The van der Waals surface area contributed by atoms with Crippen LogP contribution in [0.4, 0.5) is 5.82 Å². The third-order valence-corrected chi connectivity index (χ3v) is 4.92. The molecule has 120 valence electrons. The zero-order valence-corrected chi connectivity index (χ0v) is 13.0. The summed E-state index contributed by atoms with van der Waals surface area (Å²) in [7, 11) is 0. The lowest BCUT2D eigenvalue weighted by Gasteiger charge is -2.40. The standard InChI is InChI=1S/C15H14N8O/c1-2-15-4-3-11(24)23(15)12-10(22-9-18-20-13(15)22)7-17-14(19-12)21-6-5-16-8-21/h5-9H,2-4H2,1H3/t15-/m0/s1. The van der Waals surface area contributed by atoms with Gasteiger partial charge in [-0.3, -0.25) is 18.8 Å². The van der Waals surface area contributed by atoms with E-state index < -0.39 is 5.54 Å². The normalized spacial score (nSPS) is 21.5. The number of anilines is 1. The summed E-state index contributed by atoms with van der Waals surface area (Å²) in [6, 6.07) is 0. The van der Waals surface area contributed by atoms with E-state index >= 15 is 0 Å². The van der Waals surface area contributed by atoms with Gasteiger partial charge < -0.3 is 0 Å². The summed E-state index contributed by atoms with van der Waals surface area (Å²) in [6.07, 6.45) is 10.4. The van der Waals surface area contributed by atoms with Gasteiger partial charge in [-0.15, -0.1) is 10.2 Å². The lowest BCUT2D eigenvalue weighted by molar-refractivity contribution is -0.117. The Morgan fingerprint density at radius 2 is 2.25 bits per heavy atom. The largest absolute Gasteiger partial charge is 0.281 e. The Hall–Kier alpha value is -3.10. The van der Waals surface area contributed by atoms with Crippen LogP contribution in [-0.2, 0) is 10.3 Å². The Morgan fingerprint density at radius 1 is 1.33 bits per heavy atom. The first kappa shape index (κ1) is 13.3. The number of aromatic nitrogens is 7. The molecule has 0 aromatic carbocycles. The Bertz CT molecular complexity index is 946. The van der Waals surface area contributed by atoms with Crippen LogP contribution in [0.3, 0.4) is 0 Å². The summed E-state index contributed by atoms with van der Waals surface area (Å²) in [6.45, 7) is 2.06. The zero-order valence-electron chi connectivity index (χ0n) is 13.0. The summed E-state index contributed by atoms with van der Waals surface area (Å²) < 4.78 is 3.61. The monoisotopic (exact) mass is 322 g/mol. The molecule has 3 aromatic rings. The van der Waals surface area contributed by atoms with Gasteiger partial charge in [-0.25, -0.2) is 9.97 Å². The third kappa shape index (κ3) is 1.48. The molecule has 2 aliphatic heterocycles. The van der Waals surface area contributed by atoms with Crippen molar-refractivity contribution in [2.24, 2.45) is 0 Å². The number of rotatable bonds is 2. The summed E-state index contributed by atoms with van der Waals surface area (Å²) in [4.78, 5) is 27.5. The topological polar surface area (TPSA) is 94.6 Å². The number of imidazole rings is 1. The third-order valence-electron chi connectivity index (χ3n) is 4.92. The summed E-state index contributed by atoms with van der Waals surface area (Å²) in [5, 5.41) is 8.35. The van der Waals surface area contributed by atoms with Crippen molar-refractivity contribution in [1.29, 1.82) is 0 Å². The maximum absolute atomic E-state index is 12.7. The van der Waals surface area contributed by atoms with Gasteiger partial charge in [0.15, 0.2) is 11.6 Å². The Labute approximate surface area is 137 Å². The van der Waals surface area contributed by atoms with Crippen molar-refractivity contribution in [3.63, 3.8) is 0 Å². The Balaban J connectivity index is 1.80. The van der Waals surface area contributed by atoms with Gasteiger partial charge in [0.1, 0.15) is 23.9 Å². The van der Waals surface area contributed by atoms with Gasteiger partial charge in [0.2, 0.25) is 11.9 Å². The molecular weight excluding hydrogens is 308 g/mol. The van der Waals surface area contributed by atoms with Gasteiger partial charge in [-0.05, 0) is 12.8 Å². The van der Waals surface area contributed by atoms with Gasteiger partial charge >= 0.3 is 0 Å². The van der Waals surface area contributed by atoms with Crippen LogP contribution >= 0.6 is 0 Å². The molecule has 0 radical (unpaired) electrons. The number of carbonyl (C=O) groups is 1. The van der Waals surface area contributed by atoms with Crippen LogP contribution < -0.4 is 4.90 Å². The molecule has 5 rings (SSSR count).